The van der Waals surface area contributed by atoms with Crippen LogP contribution in [-0.4, -0.2) is 18.6 Å². The summed E-state index contributed by atoms with van der Waals surface area (Å²) >= 11 is 3.30. The molecule has 3 N–H and O–H groups in total. The predicted molar refractivity (Wildman–Crippen MR) is 61.2 cm³/mol. The number of benzene rings is 1. The van der Waals surface area contributed by atoms with Gasteiger partial charge in [0.15, 0.2) is 0 Å². The molecule has 0 radical (unpaired) electrons. The third kappa shape index (κ3) is 3.99. The monoisotopic (exact) mass is 272 g/mol. The van der Waals surface area contributed by atoms with Crippen molar-refractivity contribution in [3.05, 3.63) is 34.3 Å². The summed E-state index contributed by atoms with van der Waals surface area (Å²) in [6.07, 6.45) is -0.193. The molecular weight excluding hydrogens is 260 g/mol. The zero-order valence-electron chi connectivity index (χ0n) is 8.37. The zero-order chi connectivity index (χ0) is 11.3. The summed E-state index contributed by atoms with van der Waals surface area (Å²) in [6, 6.07) is 7.17. The summed E-state index contributed by atoms with van der Waals surface area (Å²) in [5, 5.41) is 2.71. The molecule has 1 unspecified atom stereocenters. The van der Waals surface area contributed by atoms with Crippen LogP contribution in [0.4, 0.5) is 0 Å². The molecule has 15 heavy (non-hydrogen) atoms. The summed E-state index contributed by atoms with van der Waals surface area (Å²) in [5.74, 6) is 4.82. The lowest BCUT2D eigenvalue weighted by molar-refractivity contribution is 0.0622. The summed E-state index contributed by atoms with van der Waals surface area (Å²) < 4.78 is 0.873. The van der Waals surface area contributed by atoms with E-state index < -0.39 is 0 Å². The highest BCUT2D eigenvalue weighted by atomic mass is 79.9. The molecule has 0 saturated heterocycles. The average molecular weight is 273 g/mol. The Kier molecular flexibility index (Phi) is 4.74. The molecule has 0 heterocycles. The van der Waals surface area contributed by atoms with E-state index in [9.17, 15) is 4.79 Å². The molecule has 0 aliphatic carbocycles. The van der Waals surface area contributed by atoms with Crippen molar-refractivity contribution in [3.8, 4) is 0 Å². The normalized spacial score (nSPS) is 12.2. The Hall–Kier alpha value is -0.910. The lowest BCUT2D eigenvalue weighted by Gasteiger charge is -2.10. The summed E-state index contributed by atoms with van der Waals surface area (Å²) in [6.45, 7) is 2.17. The van der Waals surface area contributed by atoms with Crippen LogP contribution < -0.4 is 11.2 Å². The molecule has 0 aromatic heterocycles. The number of halogens is 1. The number of rotatable bonds is 4. The predicted octanol–water partition coefficient (Wildman–Crippen LogP) is 1.46. The quantitative estimate of drug-likeness (QED) is 0.816. The first-order valence-corrected chi connectivity index (χ1v) is 5.32. The third-order valence-corrected chi connectivity index (χ3v) is 2.36. The van der Waals surface area contributed by atoms with Crippen molar-refractivity contribution in [1.29, 1.82) is 0 Å². The second-order valence-electron chi connectivity index (χ2n) is 3.17. The fraction of sp³-hybridized carbons (Fsp3) is 0.300. The van der Waals surface area contributed by atoms with Gasteiger partial charge in [-0.3, -0.25) is 9.63 Å². The highest BCUT2D eigenvalue weighted by molar-refractivity contribution is 9.10. The van der Waals surface area contributed by atoms with Gasteiger partial charge >= 0.3 is 0 Å². The Morgan fingerprint density at radius 3 is 3.00 bits per heavy atom. The Morgan fingerprint density at radius 1 is 1.67 bits per heavy atom. The van der Waals surface area contributed by atoms with Crippen molar-refractivity contribution < 1.29 is 9.63 Å². The van der Waals surface area contributed by atoms with Crippen LogP contribution in [-0.2, 0) is 4.84 Å². The highest BCUT2D eigenvalue weighted by Crippen LogP contribution is 2.11. The summed E-state index contributed by atoms with van der Waals surface area (Å²) in [5.41, 5.74) is 0.605. The van der Waals surface area contributed by atoms with Crippen LogP contribution in [0.2, 0.25) is 0 Å². The lowest BCUT2D eigenvalue weighted by Crippen LogP contribution is -2.33. The maximum Gasteiger partial charge on any atom is 0.251 e. The fourth-order valence-electron chi connectivity index (χ4n) is 1.02. The van der Waals surface area contributed by atoms with E-state index in [4.69, 9.17) is 5.90 Å². The van der Waals surface area contributed by atoms with E-state index in [1.807, 2.05) is 12.1 Å². The Morgan fingerprint density at radius 2 is 2.40 bits per heavy atom. The molecule has 5 heteroatoms. The molecule has 1 atom stereocenters. The number of nitrogens with one attached hydrogen (secondary N) is 1. The maximum absolute atomic E-state index is 11.6. The van der Waals surface area contributed by atoms with Gasteiger partial charge in [0, 0.05) is 16.6 Å². The van der Waals surface area contributed by atoms with Gasteiger partial charge in [0.2, 0.25) is 0 Å². The first-order chi connectivity index (χ1) is 7.13. The van der Waals surface area contributed by atoms with E-state index >= 15 is 0 Å². The smallest absolute Gasteiger partial charge is 0.251 e. The van der Waals surface area contributed by atoms with Crippen molar-refractivity contribution in [2.45, 2.75) is 13.0 Å². The Balaban J connectivity index is 2.54. The lowest BCUT2D eigenvalue weighted by atomic mass is 10.2. The summed E-state index contributed by atoms with van der Waals surface area (Å²) in [7, 11) is 0. The molecular formula is C10H13BrN2O2. The van der Waals surface area contributed by atoms with Gasteiger partial charge in [0.05, 0.1) is 6.10 Å². The van der Waals surface area contributed by atoms with Gasteiger partial charge in [-0.05, 0) is 25.1 Å². The maximum atomic E-state index is 11.6. The van der Waals surface area contributed by atoms with Gasteiger partial charge in [-0.1, -0.05) is 22.0 Å². The molecule has 0 saturated carbocycles. The fourth-order valence-corrected chi connectivity index (χ4v) is 1.42. The van der Waals surface area contributed by atoms with Crippen LogP contribution in [0, 0.1) is 0 Å². The van der Waals surface area contributed by atoms with Crippen LogP contribution in [0.15, 0.2) is 28.7 Å². The largest absolute Gasteiger partial charge is 0.349 e. The first kappa shape index (κ1) is 12.2. The number of nitrogens with two attached hydrogens (primary N) is 1. The van der Waals surface area contributed by atoms with E-state index in [2.05, 4.69) is 26.1 Å². The number of amides is 1. The topological polar surface area (TPSA) is 64.3 Å². The molecule has 0 aliphatic heterocycles. The molecule has 0 fully saturated rings. The number of hydrogen-bond acceptors (Lipinski definition) is 3. The van der Waals surface area contributed by atoms with Crippen molar-refractivity contribution in [2.75, 3.05) is 6.54 Å². The molecule has 4 nitrogen and oxygen atoms in total. The highest BCUT2D eigenvalue weighted by Gasteiger charge is 2.07. The van der Waals surface area contributed by atoms with Gasteiger partial charge in [0.25, 0.3) is 5.91 Å². The minimum atomic E-state index is -0.193. The molecule has 1 aromatic rings. The van der Waals surface area contributed by atoms with E-state index in [1.165, 1.54) is 0 Å². The standard InChI is InChI=1S/C10H13BrN2O2/c1-7(15-12)6-13-10(14)8-3-2-4-9(11)5-8/h2-5,7H,6,12H2,1H3,(H,13,14). The van der Waals surface area contributed by atoms with Gasteiger partial charge in [-0.25, -0.2) is 5.90 Å². The second kappa shape index (κ2) is 5.85. The number of carbonyl (C=O) groups is 1. The number of hydrogen-bond donors (Lipinski definition) is 2. The van der Waals surface area contributed by atoms with Crippen LogP contribution in [0.1, 0.15) is 17.3 Å². The van der Waals surface area contributed by atoms with Crippen molar-refractivity contribution >= 4 is 21.8 Å². The van der Waals surface area contributed by atoms with Crippen molar-refractivity contribution in [3.63, 3.8) is 0 Å². The van der Waals surface area contributed by atoms with Crippen molar-refractivity contribution in [1.82, 2.24) is 5.32 Å². The Labute approximate surface area is 96.9 Å². The van der Waals surface area contributed by atoms with E-state index in [0.717, 1.165) is 4.47 Å². The van der Waals surface area contributed by atoms with Crippen molar-refractivity contribution in [2.24, 2.45) is 5.90 Å². The minimum Gasteiger partial charge on any atom is -0.349 e. The van der Waals surface area contributed by atoms with Crippen LogP contribution in [0.25, 0.3) is 0 Å². The van der Waals surface area contributed by atoms with Gasteiger partial charge < -0.3 is 5.32 Å². The molecule has 1 amide bonds. The van der Waals surface area contributed by atoms with Gasteiger partial charge in [-0.2, -0.15) is 0 Å². The molecule has 0 aliphatic rings. The molecule has 0 spiro atoms. The molecule has 0 bridgehead atoms. The van der Waals surface area contributed by atoms with Gasteiger partial charge in [0.1, 0.15) is 0 Å². The van der Waals surface area contributed by atoms with Gasteiger partial charge in [-0.15, -0.1) is 0 Å². The second-order valence-corrected chi connectivity index (χ2v) is 4.08. The van der Waals surface area contributed by atoms with E-state index in [1.54, 1.807) is 19.1 Å². The molecule has 1 aromatic carbocycles. The van der Waals surface area contributed by atoms with Crippen LogP contribution >= 0.6 is 15.9 Å². The Bertz CT molecular complexity index is 344. The average Bonchev–Trinajstić information content (AvgIpc) is 2.25. The number of carbonyl (C=O) groups excluding carboxylic acids is 1. The van der Waals surface area contributed by atoms with E-state index in [-0.39, 0.29) is 12.0 Å². The molecule has 1 rings (SSSR count). The SMILES string of the molecule is CC(CNC(=O)c1cccc(Br)c1)ON. The molecule has 82 valence electrons. The zero-order valence-corrected chi connectivity index (χ0v) is 9.95. The minimum absolute atomic E-state index is 0.139. The third-order valence-electron chi connectivity index (χ3n) is 1.87. The van der Waals surface area contributed by atoms with E-state index in [0.29, 0.717) is 12.1 Å². The first-order valence-electron chi connectivity index (χ1n) is 4.53. The van der Waals surface area contributed by atoms with Crippen LogP contribution in [0.5, 0.6) is 0 Å². The van der Waals surface area contributed by atoms with Crippen LogP contribution in [0.3, 0.4) is 0 Å². The summed E-state index contributed by atoms with van der Waals surface area (Å²) in [4.78, 5) is 16.1.